The molecule has 0 saturated carbocycles. The highest BCUT2D eigenvalue weighted by Crippen LogP contribution is 2.24. The van der Waals surface area contributed by atoms with Crippen molar-refractivity contribution in [2.24, 2.45) is 0 Å². The van der Waals surface area contributed by atoms with Crippen LogP contribution in [-0.4, -0.2) is 12.5 Å². The Kier molecular flexibility index (Phi) is 6.29. The van der Waals surface area contributed by atoms with Crippen molar-refractivity contribution < 1.29 is 9.53 Å². The van der Waals surface area contributed by atoms with Crippen LogP contribution in [0.4, 0.5) is 0 Å². The lowest BCUT2D eigenvalue weighted by atomic mass is 9.98. The highest BCUT2D eigenvalue weighted by molar-refractivity contribution is 6.32. The molecule has 0 spiro atoms. The van der Waals surface area contributed by atoms with Gasteiger partial charge in [0.2, 0.25) is 5.91 Å². The number of ether oxygens (including phenoxy) is 1. The average Bonchev–Trinajstić information content (AvgIpc) is 2.69. The largest absolute Gasteiger partial charge is 0.491 e. The zero-order valence-corrected chi connectivity index (χ0v) is 15.0. The molecule has 3 rings (SSSR count). The molecule has 1 N–H and O–H groups in total. The van der Waals surface area contributed by atoms with E-state index in [9.17, 15) is 4.79 Å². The van der Waals surface area contributed by atoms with E-state index in [2.05, 4.69) is 5.32 Å². The lowest BCUT2D eigenvalue weighted by Crippen LogP contribution is -2.30. The molecule has 3 nitrogen and oxygen atoms in total. The van der Waals surface area contributed by atoms with Crippen LogP contribution in [0.5, 0.6) is 5.75 Å². The summed E-state index contributed by atoms with van der Waals surface area (Å²) < 4.78 is 5.61. The van der Waals surface area contributed by atoms with Gasteiger partial charge in [0.15, 0.2) is 0 Å². The number of hydrogen-bond acceptors (Lipinski definition) is 2. The molecule has 132 valence electrons. The van der Waals surface area contributed by atoms with Crippen molar-refractivity contribution in [3.8, 4) is 5.75 Å². The smallest absolute Gasteiger partial charge is 0.224 e. The van der Waals surface area contributed by atoms with Crippen molar-refractivity contribution in [2.45, 2.75) is 12.5 Å². The van der Waals surface area contributed by atoms with Crippen molar-refractivity contribution in [2.75, 3.05) is 6.61 Å². The molecule has 1 amide bonds. The van der Waals surface area contributed by atoms with Crippen molar-refractivity contribution in [1.82, 2.24) is 5.32 Å². The molecule has 3 aromatic rings. The van der Waals surface area contributed by atoms with E-state index in [1.165, 1.54) is 0 Å². The highest BCUT2D eigenvalue weighted by Gasteiger charge is 2.16. The number of halogens is 1. The van der Waals surface area contributed by atoms with Gasteiger partial charge in [0.25, 0.3) is 0 Å². The molecule has 0 aliphatic rings. The molecule has 0 fully saturated rings. The first-order valence-electron chi connectivity index (χ1n) is 8.50. The molecule has 0 radical (unpaired) electrons. The number of amides is 1. The van der Waals surface area contributed by atoms with Crippen molar-refractivity contribution in [3.63, 3.8) is 0 Å². The van der Waals surface area contributed by atoms with Gasteiger partial charge < -0.3 is 10.1 Å². The summed E-state index contributed by atoms with van der Waals surface area (Å²) in [5, 5.41) is 3.64. The summed E-state index contributed by atoms with van der Waals surface area (Å²) in [7, 11) is 0. The molecule has 4 heteroatoms. The van der Waals surface area contributed by atoms with Crippen LogP contribution in [0.15, 0.2) is 84.9 Å². The Hall–Kier alpha value is -2.78. The van der Waals surface area contributed by atoms with E-state index in [0.29, 0.717) is 10.8 Å². The second kappa shape index (κ2) is 9.07. The van der Waals surface area contributed by atoms with Gasteiger partial charge in [0.05, 0.1) is 24.1 Å². The Balaban J connectivity index is 1.63. The Morgan fingerprint density at radius 2 is 1.38 bits per heavy atom. The molecule has 0 aromatic heterocycles. The summed E-state index contributed by atoms with van der Waals surface area (Å²) in [5.41, 5.74) is 2.08. The van der Waals surface area contributed by atoms with Crippen LogP contribution in [0.2, 0.25) is 5.02 Å². The van der Waals surface area contributed by atoms with Gasteiger partial charge in [-0.1, -0.05) is 84.4 Å². The van der Waals surface area contributed by atoms with Gasteiger partial charge in [-0.15, -0.1) is 0 Å². The van der Waals surface area contributed by atoms with E-state index in [1.807, 2.05) is 72.8 Å². The maximum atomic E-state index is 12.5. The molecule has 0 aliphatic heterocycles. The number of benzene rings is 3. The first-order valence-corrected chi connectivity index (χ1v) is 8.88. The number of hydrogen-bond donors (Lipinski definition) is 1. The van der Waals surface area contributed by atoms with Gasteiger partial charge >= 0.3 is 0 Å². The molecule has 0 bridgehead atoms. The van der Waals surface area contributed by atoms with E-state index < -0.39 is 0 Å². The number of carbonyl (C=O) groups excluding carboxylic acids is 1. The van der Waals surface area contributed by atoms with Gasteiger partial charge in [-0.3, -0.25) is 4.79 Å². The predicted octanol–water partition coefficient (Wildman–Crippen LogP) is 5.01. The summed E-state index contributed by atoms with van der Waals surface area (Å²) in [6, 6.07) is 26.9. The minimum Gasteiger partial charge on any atom is -0.491 e. The lowest BCUT2D eigenvalue weighted by Gasteiger charge is -2.20. The molecule has 0 atom stereocenters. The molecule has 26 heavy (non-hydrogen) atoms. The summed E-state index contributed by atoms with van der Waals surface area (Å²) >= 11 is 6.06. The summed E-state index contributed by atoms with van der Waals surface area (Å²) in [6.07, 6.45) is 0.251. The Morgan fingerprint density at radius 3 is 1.96 bits per heavy atom. The summed E-state index contributed by atoms with van der Waals surface area (Å²) in [6.45, 7) is 0.270. The first-order chi connectivity index (χ1) is 12.7. The number of carbonyl (C=O) groups is 1. The fourth-order valence-corrected chi connectivity index (χ4v) is 2.89. The third-order valence-corrected chi connectivity index (χ3v) is 4.31. The van der Waals surface area contributed by atoms with Crippen LogP contribution in [-0.2, 0) is 4.79 Å². The Morgan fingerprint density at radius 1 is 0.846 bits per heavy atom. The lowest BCUT2D eigenvalue weighted by molar-refractivity contribution is -0.122. The third-order valence-electron chi connectivity index (χ3n) is 3.99. The molecular weight excluding hydrogens is 346 g/mol. The topological polar surface area (TPSA) is 38.3 Å². The molecule has 0 aliphatic carbocycles. The fourth-order valence-electron chi connectivity index (χ4n) is 2.70. The number of rotatable bonds is 7. The van der Waals surface area contributed by atoms with Gasteiger partial charge in [0, 0.05) is 0 Å². The SMILES string of the molecule is O=C(CCOc1ccccc1Cl)NC(c1ccccc1)c1ccccc1. The van der Waals surface area contributed by atoms with Crippen LogP contribution in [0.3, 0.4) is 0 Å². The second-order valence-electron chi connectivity index (χ2n) is 5.85. The normalized spacial score (nSPS) is 10.5. The standard InChI is InChI=1S/C22H20ClNO2/c23-19-13-7-8-14-20(19)26-16-15-21(25)24-22(17-9-3-1-4-10-17)18-11-5-2-6-12-18/h1-14,22H,15-16H2,(H,24,25). The molecule has 0 unspecified atom stereocenters. The van der Waals surface area contributed by atoms with E-state index in [-0.39, 0.29) is 25.0 Å². The van der Waals surface area contributed by atoms with Crippen LogP contribution in [0.1, 0.15) is 23.6 Å². The van der Waals surface area contributed by atoms with Crippen LogP contribution in [0, 0.1) is 0 Å². The van der Waals surface area contributed by atoms with Crippen molar-refractivity contribution in [3.05, 3.63) is 101 Å². The minimum absolute atomic E-state index is 0.0743. The van der Waals surface area contributed by atoms with Crippen molar-refractivity contribution in [1.29, 1.82) is 0 Å². The predicted molar refractivity (Wildman–Crippen MR) is 104 cm³/mol. The average molecular weight is 366 g/mol. The summed E-state index contributed by atoms with van der Waals surface area (Å²) in [4.78, 5) is 12.5. The monoisotopic (exact) mass is 365 g/mol. The van der Waals surface area contributed by atoms with Crippen LogP contribution in [0.25, 0.3) is 0 Å². The molecular formula is C22H20ClNO2. The quantitative estimate of drug-likeness (QED) is 0.638. The second-order valence-corrected chi connectivity index (χ2v) is 6.26. The Bertz CT molecular complexity index is 798. The summed E-state index contributed by atoms with van der Waals surface area (Å²) in [5.74, 6) is 0.513. The van der Waals surface area contributed by atoms with Crippen molar-refractivity contribution >= 4 is 17.5 Å². The molecule has 0 heterocycles. The van der Waals surface area contributed by atoms with Gasteiger partial charge in [-0.2, -0.15) is 0 Å². The van der Waals surface area contributed by atoms with Gasteiger partial charge in [-0.25, -0.2) is 0 Å². The zero-order chi connectivity index (χ0) is 18.2. The third kappa shape index (κ3) is 4.87. The van der Waals surface area contributed by atoms with E-state index >= 15 is 0 Å². The maximum Gasteiger partial charge on any atom is 0.224 e. The van der Waals surface area contributed by atoms with Gasteiger partial charge in [0.1, 0.15) is 5.75 Å². The number of para-hydroxylation sites is 1. The maximum absolute atomic E-state index is 12.5. The van der Waals surface area contributed by atoms with E-state index in [0.717, 1.165) is 11.1 Å². The van der Waals surface area contributed by atoms with E-state index in [4.69, 9.17) is 16.3 Å². The zero-order valence-electron chi connectivity index (χ0n) is 14.3. The highest BCUT2D eigenvalue weighted by atomic mass is 35.5. The number of nitrogens with one attached hydrogen (secondary N) is 1. The molecule has 0 saturated heterocycles. The fraction of sp³-hybridized carbons (Fsp3) is 0.136. The Labute approximate surface area is 158 Å². The van der Waals surface area contributed by atoms with Gasteiger partial charge in [-0.05, 0) is 23.3 Å². The minimum atomic E-state index is -0.190. The van der Waals surface area contributed by atoms with Crippen LogP contribution >= 0.6 is 11.6 Å². The van der Waals surface area contributed by atoms with E-state index in [1.54, 1.807) is 12.1 Å². The molecule has 3 aromatic carbocycles. The first kappa shape index (κ1) is 18.0. The van der Waals surface area contributed by atoms with Crippen LogP contribution < -0.4 is 10.1 Å².